The molecule has 1 N–H and O–H groups in total. The molecule has 4 rings (SSSR count). The highest BCUT2D eigenvalue weighted by molar-refractivity contribution is 7.71. The monoisotopic (exact) mass is 419 g/mol. The first-order chi connectivity index (χ1) is 14.5. The average Bonchev–Trinajstić information content (AvgIpc) is 3.44. The Bertz CT molecular complexity index is 1140. The summed E-state index contributed by atoms with van der Waals surface area (Å²) in [7, 11) is 2.08. The molecule has 8 heteroatoms. The van der Waals surface area contributed by atoms with Gasteiger partial charge in [0.1, 0.15) is 12.7 Å². The molecule has 2 heterocycles. The van der Waals surface area contributed by atoms with E-state index in [0.717, 1.165) is 23.5 Å². The molecule has 0 radical (unpaired) electrons. The van der Waals surface area contributed by atoms with Gasteiger partial charge < -0.3 is 0 Å². The van der Waals surface area contributed by atoms with E-state index >= 15 is 0 Å². The van der Waals surface area contributed by atoms with E-state index in [1.165, 1.54) is 17.5 Å². The average molecular weight is 420 g/mol. The summed E-state index contributed by atoms with van der Waals surface area (Å²) in [6, 6.07) is 17.0. The number of benzene rings is 2. The van der Waals surface area contributed by atoms with Gasteiger partial charge in [0.05, 0.1) is 12.4 Å². The molecule has 30 heavy (non-hydrogen) atoms. The van der Waals surface area contributed by atoms with E-state index in [0.29, 0.717) is 11.4 Å². The third-order valence-corrected chi connectivity index (χ3v) is 5.71. The van der Waals surface area contributed by atoms with E-state index in [4.69, 9.17) is 12.2 Å². The zero-order chi connectivity index (χ0) is 21.1. The Balaban J connectivity index is 1.47. The first-order valence-electron chi connectivity index (χ1n) is 9.96. The van der Waals surface area contributed by atoms with Gasteiger partial charge in [0.25, 0.3) is 0 Å². The van der Waals surface area contributed by atoms with Gasteiger partial charge in [-0.1, -0.05) is 43.3 Å². The van der Waals surface area contributed by atoms with Gasteiger partial charge in [0, 0.05) is 11.6 Å². The van der Waals surface area contributed by atoms with Crippen LogP contribution in [0.3, 0.4) is 0 Å². The highest BCUT2D eigenvalue weighted by atomic mass is 32.1. The van der Waals surface area contributed by atoms with Crippen molar-refractivity contribution in [3.05, 3.63) is 77.1 Å². The lowest BCUT2D eigenvalue weighted by Gasteiger charge is -2.25. The number of hydrogen-bond donors (Lipinski definition) is 1. The second-order valence-corrected chi connectivity index (χ2v) is 7.70. The smallest absolute Gasteiger partial charge is 0.217 e. The van der Waals surface area contributed by atoms with Crippen LogP contribution in [-0.4, -0.2) is 41.5 Å². The van der Waals surface area contributed by atoms with Crippen molar-refractivity contribution >= 4 is 12.2 Å². The maximum atomic E-state index is 5.48. The van der Waals surface area contributed by atoms with E-state index in [-0.39, 0.29) is 6.04 Å². The largest absolute Gasteiger partial charge is 0.281 e. The normalized spacial score (nSPS) is 12.4. The van der Waals surface area contributed by atoms with Crippen molar-refractivity contribution in [2.45, 2.75) is 33.0 Å². The van der Waals surface area contributed by atoms with Crippen LogP contribution in [0.4, 0.5) is 0 Å². The molecule has 4 aromatic rings. The van der Waals surface area contributed by atoms with E-state index in [2.05, 4.69) is 82.4 Å². The Morgan fingerprint density at radius 2 is 1.83 bits per heavy atom. The van der Waals surface area contributed by atoms with Crippen LogP contribution in [-0.2, 0) is 13.1 Å². The summed E-state index contributed by atoms with van der Waals surface area (Å²) in [5.74, 6) is 0.792. The Labute approximate surface area is 181 Å². The Morgan fingerprint density at radius 1 is 1.10 bits per heavy atom. The molecule has 7 nitrogen and oxygen atoms in total. The molecule has 1 atom stereocenters. The fourth-order valence-corrected chi connectivity index (χ4v) is 3.52. The molecule has 0 aliphatic rings. The highest BCUT2D eigenvalue weighted by Crippen LogP contribution is 2.21. The molecule has 154 valence electrons. The molecule has 0 saturated carbocycles. The van der Waals surface area contributed by atoms with Gasteiger partial charge in [-0.25, -0.2) is 14.3 Å². The van der Waals surface area contributed by atoms with Crippen LogP contribution in [0.5, 0.6) is 0 Å². The second kappa shape index (κ2) is 8.73. The molecule has 2 aromatic carbocycles. The van der Waals surface area contributed by atoms with Gasteiger partial charge in [-0.2, -0.15) is 10.1 Å². The van der Waals surface area contributed by atoms with Crippen LogP contribution in [0.2, 0.25) is 0 Å². The van der Waals surface area contributed by atoms with Gasteiger partial charge >= 0.3 is 0 Å². The number of aromatic nitrogens is 6. The maximum Gasteiger partial charge on any atom is 0.217 e. The third kappa shape index (κ3) is 4.24. The number of aromatic amines is 1. The molecule has 0 unspecified atom stereocenters. The molecule has 2 aromatic heterocycles. The molecule has 0 aliphatic heterocycles. The summed E-state index contributed by atoms with van der Waals surface area (Å²) in [4.78, 5) is 10.8. The van der Waals surface area contributed by atoms with E-state index in [1.807, 2.05) is 16.8 Å². The van der Waals surface area contributed by atoms with E-state index in [9.17, 15) is 0 Å². The lowest BCUT2D eigenvalue weighted by Crippen LogP contribution is -2.26. The van der Waals surface area contributed by atoms with Crippen LogP contribution in [0.25, 0.3) is 17.1 Å². The SMILES string of the molecule is CCc1ccc(-c2nc(=S)n(CN(C)[C@@H](C)c3ccc(-n4cncn4)cc3)[nH]2)cc1. The van der Waals surface area contributed by atoms with Gasteiger partial charge in [0.15, 0.2) is 5.82 Å². The molecule has 0 amide bonds. The molecule has 0 saturated heterocycles. The fourth-order valence-electron chi connectivity index (χ4n) is 3.33. The minimum atomic E-state index is 0.201. The minimum absolute atomic E-state index is 0.201. The molecule has 0 bridgehead atoms. The van der Waals surface area contributed by atoms with Crippen molar-refractivity contribution in [3.63, 3.8) is 0 Å². The van der Waals surface area contributed by atoms with Crippen molar-refractivity contribution in [2.75, 3.05) is 7.05 Å². The van der Waals surface area contributed by atoms with Crippen LogP contribution < -0.4 is 0 Å². The zero-order valence-corrected chi connectivity index (χ0v) is 18.2. The molecular formula is C22H25N7S. The van der Waals surface area contributed by atoms with Gasteiger partial charge in [-0.3, -0.25) is 10.00 Å². The van der Waals surface area contributed by atoms with Gasteiger partial charge in [-0.05, 0) is 55.9 Å². The van der Waals surface area contributed by atoms with Gasteiger partial charge in [0.2, 0.25) is 4.77 Å². The summed E-state index contributed by atoms with van der Waals surface area (Å²) >= 11 is 5.48. The number of nitrogens with zero attached hydrogens (tertiary/aromatic N) is 6. The first kappa shape index (κ1) is 20.2. The number of nitrogens with one attached hydrogen (secondary N) is 1. The fraction of sp³-hybridized carbons (Fsp3) is 0.273. The zero-order valence-electron chi connectivity index (χ0n) is 17.4. The summed E-state index contributed by atoms with van der Waals surface area (Å²) in [6.07, 6.45) is 4.25. The first-order valence-corrected chi connectivity index (χ1v) is 10.4. The number of hydrogen-bond acceptors (Lipinski definition) is 5. The number of aryl methyl sites for hydroxylation is 1. The number of H-pyrrole nitrogens is 1. The standard InChI is InChI=1S/C22H25N7S/c1-4-17-5-7-19(8-6-17)21-25-22(30)29(26-21)15-27(3)16(2)18-9-11-20(12-10-18)28-14-23-13-24-28/h5-14,16H,4,15H2,1-3H3,(H,25,26,30)/t16-/m0/s1. The highest BCUT2D eigenvalue weighted by Gasteiger charge is 2.14. The minimum Gasteiger partial charge on any atom is -0.281 e. The van der Waals surface area contributed by atoms with Crippen molar-refractivity contribution in [1.82, 2.24) is 34.4 Å². The molecule has 0 spiro atoms. The molecular weight excluding hydrogens is 394 g/mol. The van der Waals surface area contributed by atoms with Crippen LogP contribution in [0.1, 0.15) is 31.0 Å². The summed E-state index contributed by atoms with van der Waals surface area (Å²) in [6.45, 7) is 4.94. The Kier molecular flexibility index (Phi) is 5.87. The summed E-state index contributed by atoms with van der Waals surface area (Å²) in [5, 5.41) is 7.51. The molecule has 0 fully saturated rings. The third-order valence-electron chi connectivity index (χ3n) is 5.40. The lowest BCUT2D eigenvalue weighted by molar-refractivity contribution is 0.195. The van der Waals surface area contributed by atoms with Crippen LogP contribution >= 0.6 is 12.2 Å². The van der Waals surface area contributed by atoms with Crippen molar-refractivity contribution in [1.29, 1.82) is 0 Å². The Morgan fingerprint density at radius 3 is 2.47 bits per heavy atom. The van der Waals surface area contributed by atoms with Crippen LogP contribution in [0.15, 0.2) is 61.2 Å². The Hall–Kier alpha value is -3.10. The quantitative estimate of drug-likeness (QED) is 0.450. The maximum absolute atomic E-state index is 5.48. The predicted octanol–water partition coefficient (Wildman–Crippen LogP) is 4.40. The van der Waals surface area contributed by atoms with Crippen molar-refractivity contribution in [3.8, 4) is 17.1 Å². The second-order valence-electron chi connectivity index (χ2n) is 7.34. The predicted molar refractivity (Wildman–Crippen MR) is 120 cm³/mol. The topological polar surface area (TPSA) is 67.6 Å². The van der Waals surface area contributed by atoms with Gasteiger partial charge in [-0.15, -0.1) is 0 Å². The van der Waals surface area contributed by atoms with Crippen molar-refractivity contribution < 1.29 is 0 Å². The summed E-state index contributed by atoms with van der Waals surface area (Å²) < 4.78 is 4.19. The lowest BCUT2D eigenvalue weighted by atomic mass is 10.1. The summed E-state index contributed by atoms with van der Waals surface area (Å²) in [5.41, 5.74) is 4.54. The number of rotatable bonds is 7. The van der Waals surface area contributed by atoms with E-state index in [1.54, 1.807) is 11.0 Å². The molecule has 0 aliphatic carbocycles. The van der Waals surface area contributed by atoms with Crippen molar-refractivity contribution in [2.24, 2.45) is 0 Å². The van der Waals surface area contributed by atoms with E-state index < -0.39 is 0 Å². The van der Waals surface area contributed by atoms with Crippen LogP contribution in [0, 0.1) is 4.77 Å².